The van der Waals surface area contributed by atoms with Crippen molar-refractivity contribution in [1.82, 2.24) is 29.7 Å². The lowest BCUT2D eigenvalue weighted by Crippen LogP contribution is -2.41. The molecule has 16 heteroatoms. The van der Waals surface area contributed by atoms with Gasteiger partial charge in [0.1, 0.15) is 0 Å². The maximum atomic E-state index is 12.9. The van der Waals surface area contributed by atoms with Crippen LogP contribution in [0.2, 0.25) is 0 Å². The Balaban J connectivity index is 0.000000151. The van der Waals surface area contributed by atoms with E-state index in [2.05, 4.69) is 41.2 Å². The first-order valence-electron chi connectivity index (χ1n) is 17.2. The lowest BCUT2D eigenvalue weighted by atomic mass is 9.95. The standard InChI is InChI=1S/C19H19N5O2S2.C17H17N5O2/c25-17-12-2-1-3-13(22-18(26)23-15-11-20-5-6-21-15)16(12)14-10-19(4-7-24(14)17)27-8-9-28-19;23-16-11-4-3-5-12(15(11)13-6-1-2-9-22(13)16)20-17(24)21-14-10-18-7-8-19-14/h1-3,5-6,11,14H,4,7-10H2,(H2,21,22,23,26);3-5,7-8,10,13H,1-2,6,9H2,(H2,19,20,21,24). The van der Waals surface area contributed by atoms with E-state index in [0.29, 0.717) is 34.1 Å². The first kappa shape index (κ1) is 33.9. The summed E-state index contributed by atoms with van der Waals surface area (Å²) in [4.78, 5) is 70.0. The Morgan fingerprint density at radius 1 is 0.692 bits per heavy atom. The van der Waals surface area contributed by atoms with E-state index in [1.165, 1.54) is 42.5 Å². The van der Waals surface area contributed by atoms with Gasteiger partial charge in [0, 0.05) is 83.0 Å². The molecule has 1 spiro atoms. The zero-order chi connectivity index (χ0) is 35.7. The van der Waals surface area contributed by atoms with Gasteiger partial charge in [-0.1, -0.05) is 12.1 Å². The molecule has 9 rings (SSSR count). The fourth-order valence-electron chi connectivity index (χ4n) is 7.70. The molecule has 6 amide bonds. The van der Waals surface area contributed by atoms with E-state index in [1.54, 1.807) is 12.3 Å². The first-order chi connectivity index (χ1) is 25.4. The molecule has 0 aliphatic carbocycles. The van der Waals surface area contributed by atoms with Crippen LogP contribution in [-0.4, -0.2) is 82.3 Å². The van der Waals surface area contributed by atoms with Crippen molar-refractivity contribution >= 4 is 70.4 Å². The third kappa shape index (κ3) is 6.63. The molecule has 14 nitrogen and oxygen atoms in total. The Labute approximate surface area is 308 Å². The lowest BCUT2D eigenvalue weighted by Gasteiger charge is -2.41. The Kier molecular flexibility index (Phi) is 9.40. The second-order valence-corrected chi connectivity index (χ2v) is 16.2. The summed E-state index contributed by atoms with van der Waals surface area (Å²) in [6, 6.07) is 10.3. The van der Waals surface area contributed by atoms with Crippen LogP contribution in [0, 0.1) is 0 Å². The van der Waals surface area contributed by atoms with Crippen LogP contribution < -0.4 is 21.3 Å². The largest absolute Gasteiger partial charge is 0.331 e. The predicted molar refractivity (Wildman–Crippen MR) is 201 cm³/mol. The van der Waals surface area contributed by atoms with Gasteiger partial charge in [0.15, 0.2) is 11.6 Å². The average molecular weight is 737 g/mol. The molecule has 52 heavy (non-hydrogen) atoms. The van der Waals surface area contributed by atoms with Gasteiger partial charge >= 0.3 is 12.1 Å². The first-order valence-corrected chi connectivity index (χ1v) is 19.2. The van der Waals surface area contributed by atoms with Crippen LogP contribution in [0.3, 0.4) is 0 Å². The number of carbonyl (C=O) groups excluding carboxylic acids is 4. The van der Waals surface area contributed by atoms with Crippen molar-refractivity contribution in [2.24, 2.45) is 0 Å². The summed E-state index contributed by atoms with van der Waals surface area (Å²) >= 11 is 4.04. The number of hydrogen-bond acceptors (Lipinski definition) is 10. The lowest BCUT2D eigenvalue weighted by molar-refractivity contribution is 0.0663. The SMILES string of the molecule is O=C(Nc1cnccn1)Nc1cccc2c1C1CC3(CCN1C2=O)SCCS3.O=C(Nc1cnccn1)Nc1cccc2c1C1CCCCN1C2=O. The zero-order valence-electron chi connectivity index (χ0n) is 28.1. The quantitative estimate of drug-likeness (QED) is 0.184. The second-order valence-electron chi connectivity index (χ2n) is 13.0. The van der Waals surface area contributed by atoms with Gasteiger partial charge < -0.3 is 20.4 Å². The molecule has 2 aromatic heterocycles. The summed E-state index contributed by atoms with van der Waals surface area (Å²) in [5.74, 6) is 3.21. The van der Waals surface area contributed by atoms with Crippen LogP contribution in [0.4, 0.5) is 32.6 Å². The van der Waals surface area contributed by atoms with Crippen molar-refractivity contribution in [2.75, 3.05) is 45.9 Å². The molecule has 3 fully saturated rings. The monoisotopic (exact) mass is 736 g/mol. The average Bonchev–Trinajstić information content (AvgIpc) is 3.82. The van der Waals surface area contributed by atoms with Crippen LogP contribution in [-0.2, 0) is 0 Å². The van der Waals surface area contributed by atoms with Crippen LogP contribution in [0.15, 0.2) is 73.6 Å². The van der Waals surface area contributed by atoms with Crippen molar-refractivity contribution in [3.05, 3.63) is 95.8 Å². The topological polar surface area (TPSA) is 174 Å². The highest BCUT2D eigenvalue weighted by atomic mass is 32.2. The van der Waals surface area contributed by atoms with Gasteiger partial charge in [-0.25, -0.2) is 19.6 Å². The van der Waals surface area contributed by atoms with Crippen molar-refractivity contribution in [3.63, 3.8) is 0 Å². The third-order valence-corrected chi connectivity index (χ3v) is 13.5. The number of nitrogens with zero attached hydrogens (tertiary/aromatic N) is 6. The van der Waals surface area contributed by atoms with E-state index >= 15 is 0 Å². The predicted octanol–water partition coefficient (Wildman–Crippen LogP) is 6.39. The van der Waals surface area contributed by atoms with Crippen LogP contribution in [0.5, 0.6) is 0 Å². The Morgan fingerprint density at radius 3 is 1.81 bits per heavy atom. The zero-order valence-corrected chi connectivity index (χ0v) is 29.7. The molecule has 2 aromatic carbocycles. The molecule has 0 radical (unpaired) electrons. The van der Waals surface area contributed by atoms with Gasteiger partial charge in [-0.05, 0) is 56.4 Å². The van der Waals surface area contributed by atoms with Crippen molar-refractivity contribution in [3.8, 4) is 0 Å². The summed E-state index contributed by atoms with van der Waals surface area (Å²) in [7, 11) is 0. The molecule has 0 saturated carbocycles. The summed E-state index contributed by atoms with van der Waals surface area (Å²) in [5.41, 5.74) is 4.62. The normalized spacial score (nSPS) is 20.5. The summed E-state index contributed by atoms with van der Waals surface area (Å²) in [6.45, 7) is 1.55. The fraction of sp³-hybridized carbons (Fsp3) is 0.333. The van der Waals surface area contributed by atoms with Crippen LogP contribution in [0.1, 0.15) is 76.0 Å². The van der Waals surface area contributed by atoms with Crippen LogP contribution >= 0.6 is 23.5 Å². The maximum Gasteiger partial charge on any atom is 0.324 e. The van der Waals surface area contributed by atoms with Crippen molar-refractivity contribution in [1.29, 1.82) is 0 Å². The van der Waals surface area contributed by atoms with Gasteiger partial charge in [0.05, 0.1) is 28.6 Å². The molecule has 4 N–H and O–H groups in total. The molecule has 2 unspecified atom stereocenters. The van der Waals surface area contributed by atoms with Gasteiger partial charge in [-0.3, -0.25) is 30.2 Å². The van der Waals surface area contributed by atoms with E-state index in [-0.39, 0.29) is 28.0 Å². The minimum absolute atomic E-state index is 0.0161. The summed E-state index contributed by atoms with van der Waals surface area (Å²) in [5, 5.41) is 11.1. The number of anilines is 4. The molecule has 7 heterocycles. The number of aromatic nitrogens is 4. The van der Waals surface area contributed by atoms with Crippen LogP contribution in [0.25, 0.3) is 0 Å². The van der Waals surface area contributed by atoms with Crippen molar-refractivity contribution < 1.29 is 19.2 Å². The van der Waals surface area contributed by atoms with E-state index < -0.39 is 12.1 Å². The molecule has 0 bridgehead atoms. The molecule has 4 aromatic rings. The smallest absolute Gasteiger partial charge is 0.324 e. The third-order valence-electron chi connectivity index (χ3n) is 9.90. The number of rotatable bonds is 4. The Bertz CT molecular complexity index is 2020. The maximum absolute atomic E-state index is 12.9. The summed E-state index contributed by atoms with van der Waals surface area (Å²) in [6.07, 6.45) is 14.1. The number of hydrogen-bond donors (Lipinski definition) is 4. The number of nitrogens with one attached hydrogen (secondary N) is 4. The number of carbonyl (C=O) groups is 4. The summed E-state index contributed by atoms with van der Waals surface area (Å²) < 4.78 is 0.193. The molecule has 266 valence electrons. The highest BCUT2D eigenvalue weighted by Gasteiger charge is 2.49. The van der Waals surface area contributed by atoms with Gasteiger partial charge in [0.2, 0.25) is 0 Å². The number of amides is 6. The number of piperidine rings is 2. The second kappa shape index (κ2) is 14.4. The highest BCUT2D eigenvalue weighted by molar-refractivity contribution is 8.21. The Morgan fingerprint density at radius 2 is 1.25 bits per heavy atom. The molecule has 5 aliphatic rings. The fourth-order valence-corrected chi connectivity index (χ4v) is 11.0. The van der Waals surface area contributed by atoms with Gasteiger partial charge in [0.25, 0.3) is 11.8 Å². The number of urea groups is 2. The highest BCUT2D eigenvalue weighted by Crippen LogP contribution is 2.57. The van der Waals surface area contributed by atoms with E-state index in [1.807, 2.05) is 63.7 Å². The number of thioether (sulfide) groups is 2. The van der Waals surface area contributed by atoms with E-state index in [4.69, 9.17) is 0 Å². The van der Waals surface area contributed by atoms with Gasteiger partial charge in [-0.15, -0.1) is 23.5 Å². The van der Waals surface area contributed by atoms with Crippen molar-refractivity contribution in [2.45, 2.75) is 48.3 Å². The Hall–Kier alpha value is -5.22. The molecule has 3 saturated heterocycles. The minimum atomic E-state index is -0.398. The van der Waals surface area contributed by atoms with Gasteiger partial charge in [-0.2, -0.15) is 0 Å². The minimum Gasteiger partial charge on any atom is -0.331 e. The molecule has 5 aliphatic heterocycles. The number of benzene rings is 2. The van der Waals surface area contributed by atoms with E-state index in [0.717, 1.165) is 56.3 Å². The van der Waals surface area contributed by atoms with E-state index in [9.17, 15) is 19.2 Å². The number of fused-ring (bicyclic) bond motifs is 6. The molecular weight excluding hydrogens is 701 g/mol. The molecular formula is C36H36N10O4S2. The molecule has 2 atom stereocenters.